The Morgan fingerprint density at radius 2 is 1.63 bits per heavy atom. The Bertz CT molecular complexity index is 369. The summed E-state index contributed by atoms with van der Waals surface area (Å²) in [6.45, 7) is 13.4. The van der Waals surface area contributed by atoms with E-state index in [-0.39, 0.29) is 0 Å². The Hall–Kier alpha value is -0.380. The van der Waals surface area contributed by atoms with Crippen LogP contribution in [0.5, 0.6) is 0 Å². The Kier molecular flexibility index (Phi) is 7.05. The minimum atomic E-state index is 0.372. The maximum Gasteiger partial charge on any atom is 0.0303 e. The van der Waals surface area contributed by atoms with Gasteiger partial charge >= 0.3 is 0 Å². The molecule has 0 heterocycles. The minimum absolute atomic E-state index is 0.372. The van der Waals surface area contributed by atoms with Gasteiger partial charge in [-0.25, -0.2) is 0 Å². The largest absolute Gasteiger partial charge is 0.309 e. The van der Waals surface area contributed by atoms with E-state index in [2.05, 4.69) is 85.0 Å². The maximum absolute atomic E-state index is 3.61. The Morgan fingerprint density at radius 1 is 1.05 bits per heavy atom. The van der Waals surface area contributed by atoms with Crippen molar-refractivity contribution >= 4 is 15.9 Å². The van der Waals surface area contributed by atoms with Crippen molar-refractivity contribution in [1.29, 1.82) is 0 Å². The molecule has 0 bridgehead atoms. The highest BCUT2D eigenvalue weighted by molar-refractivity contribution is 9.10. The second-order valence-corrected chi connectivity index (χ2v) is 6.48. The number of nitrogens with zero attached hydrogens (tertiary/aromatic N) is 1. The number of halogens is 1. The number of hydrogen-bond acceptors (Lipinski definition) is 2. The molecule has 1 N–H and O–H groups in total. The number of nitrogens with one attached hydrogen (secondary N) is 1. The van der Waals surface area contributed by atoms with E-state index >= 15 is 0 Å². The van der Waals surface area contributed by atoms with Gasteiger partial charge in [0, 0.05) is 35.7 Å². The fraction of sp³-hybridized carbons (Fsp3) is 0.625. The fourth-order valence-corrected chi connectivity index (χ4v) is 3.09. The smallest absolute Gasteiger partial charge is 0.0303 e. The van der Waals surface area contributed by atoms with E-state index in [1.807, 2.05) is 0 Å². The maximum atomic E-state index is 3.61. The standard InChI is InChI=1S/C16H27BrN2/c1-12(2)19(13(3)4)11-10-18-14(5)15-8-6-7-9-16(15)17/h6-9,12-14,18H,10-11H2,1-5H3. The molecule has 1 aromatic carbocycles. The van der Waals surface area contributed by atoms with E-state index in [0.717, 1.165) is 13.1 Å². The summed E-state index contributed by atoms with van der Waals surface area (Å²) in [5.74, 6) is 0. The third-order valence-electron chi connectivity index (χ3n) is 3.52. The molecule has 0 aliphatic heterocycles. The zero-order chi connectivity index (χ0) is 14.4. The number of rotatable bonds is 7. The van der Waals surface area contributed by atoms with Gasteiger partial charge in [0.2, 0.25) is 0 Å². The predicted molar refractivity (Wildman–Crippen MR) is 87.5 cm³/mol. The van der Waals surface area contributed by atoms with Crippen LogP contribution < -0.4 is 5.32 Å². The first kappa shape index (κ1) is 16.7. The van der Waals surface area contributed by atoms with Crippen LogP contribution in [0.2, 0.25) is 0 Å². The van der Waals surface area contributed by atoms with Gasteiger partial charge in [-0.15, -0.1) is 0 Å². The number of benzene rings is 1. The van der Waals surface area contributed by atoms with Crippen LogP contribution in [0.4, 0.5) is 0 Å². The van der Waals surface area contributed by atoms with Crippen molar-refractivity contribution in [3.8, 4) is 0 Å². The van der Waals surface area contributed by atoms with Gasteiger partial charge in [-0.05, 0) is 46.2 Å². The zero-order valence-electron chi connectivity index (χ0n) is 12.8. The molecule has 0 fully saturated rings. The summed E-state index contributed by atoms with van der Waals surface area (Å²) in [5.41, 5.74) is 1.32. The molecule has 1 aromatic rings. The predicted octanol–water partition coefficient (Wildman–Crippen LogP) is 4.22. The molecule has 0 spiro atoms. The van der Waals surface area contributed by atoms with Crippen molar-refractivity contribution < 1.29 is 0 Å². The average molecular weight is 327 g/mol. The van der Waals surface area contributed by atoms with E-state index < -0.39 is 0 Å². The van der Waals surface area contributed by atoms with Gasteiger partial charge in [0.05, 0.1) is 0 Å². The number of hydrogen-bond donors (Lipinski definition) is 1. The second-order valence-electron chi connectivity index (χ2n) is 5.62. The Balaban J connectivity index is 2.47. The molecule has 1 atom stereocenters. The second kappa shape index (κ2) is 8.03. The highest BCUT2D eigenvalue weighted by Crippen LogP contribution is 2.22. The molecule has 0 radical (unpaired) electrons. The molecule has 3 heteroatoms. The summed E-state index contributed by atoms with van der Waals surface area (Å²) in [6, 6.07) is 9.98. The lowest BCUT2D eigenvalue weighted by Crippen LogP contribution is -2.41. The minimum Gasteiger partial charge on any atom is -0.309 e. The van der Waals surface area contributed by atoms with Gasteiger partial charge in [0.15, 0.2) is 0 Å². The Labute approximate surface area is 126 Å². The van der Waals surface area contributed by atoms with Crippen molar-refractivity contribution in [2.45, 2.75) is 52.7 Å². The molecule has 1 unspecified atom stereocenters. The van der Waals surface area contributed by atoms with Gasteiger partial charge in [0.25, 0.3) is 0 Å². The summed E-state index contributed by atoms with van der Waals surface area (Å²) in [6.07, 6.45) is 0. The van der Waals surface area contributed by atoms with Crippen LogP contribution in [0.1, 0.15) is 46.2 Å². The Morgan fingerprint density at radius 3 is 2.16 bits per heavy atom. The third-order valence-corrected chi connectivity index (χ3v) is 4.24. The lowest BCUT2D eigenvalue weighted by atomic mass is 10.1. The van der Waals surface area contributed by atoms with E-state index in [9.17, 15) is 0 Å². The third kappa shape index (κ3) is 5.25. The van der Waals surface area contributed by atoms with Crippen LogP contribution in [0.25, 0.3) is 0 Å². The molecule has 0 saturated carbocycles. The highest BCUT2D eigenvalue weighted by Gasteiger charge is 2.13. The van der Waals surface area contributed by atoms with Gasteiger partial charge in [-0.3, -0.25) is 4.90 Å². The molecule has 0 aliphatic rings. The van der Waals surface area contributed by atoms with Crippen molar-refractivity contribution in [2.75, 3.05) is 13.1 Å². The first-order chi connectivity index (χ1) is 8.93. The lowest BCUT2D eigenvalue weighted by Gasteiger charge is -2.31. The van der Waals surface area contributed by atoms with Gasteiger partial charge in [0.1, 0.15) is 0 Å². The molecule has 19 heavy (non-hydrogen) atoms. The normalized spacial score (nSPS) is 13.5. The lowest BCUT2D eigenvalue weighted by molar-refractivity contribution is 0.174. The quantitative estimate of drug-likeness (QED) is 0.807. The van der Waals surface area contributed by atoms with Crippen molar-refractivity contribution in [3.63, 3.8) is 0 Å². The summed E-state index contributed by atoms with van der Waals surface area (Å²) < 4.78 is 1.18. The van der Waals surface area contributed by atoms with Crippen LogP contribution in [-0.2, 0) is 0 Å². The molecule has 0 aliphatic carbocycles. The highest BCUT2D eigenvalue weighted by atomic mass is 79.9. The van der Waals surface area contributed by atoms with Crippen LogP contribution in [-0.4, -0.2) is 30.1 Å². The average Bonchev–Trinajstić information content (AvgIpc) is 2.33. The SMILES string of the molecule is CC(NCCN(C(C)C)C(C)C)c1ccccc1Br. The molecular formula is C16H27BrN2. The molecule has 108 valence electrons. The van der Waals surface area contributed by atoms with Gasteiger partial charge in [-0.1, -0.05) is 34.1 Å². The van der Waals surface area contributed by atoms with E-state index in [1.165, 1.54) is 10.0 Å². The summed E-state index contributed by atoms with van der Waals surface area (Å²) in [4.78, 5) is 2.51. The van der Waals surface area contributed by atoms with Crippen LogP contribution in [0.15, 0.2) is 28.7 Å². The van der Waals surface area contributed by atoms with Crippen molar-refractivity contribution in [3.05, 3.63) is 34.3 Å². The van der Waals surface area contributed by atoms with Gasteiger partial charge < -0.3 is 5.32 Å². The molecule has 0 amide bonds. The molecule has 2 nitrogen and oxygen atoms in total. The van der Waals surface area contributed by atoms with Crippen molar-refractivity contribution in [1.82, 2.24) is 10.2 Å². The summed E-state index contributed by atoms with van der Waals surface area (Å²) >= 11 is 3.61. The van der Waals surface area contributed by atoms with E-state index in [0.29, 0.717) is 18.1 Å². The monoisotopic (exact) mass is 326 g/mol. The van der Waals surface area contributed by atoms with Crippen LogP contribution in [0.3, 0.4) is 0 Å². The molecule has 0 aromatic heterocycles. The molecule has 1 rings (SSSR count). The molecular weight excluding hydrogens is 300 g/mol. The van der Waals surface area contributed by atoms with E-state index in [4.69, 9.17) is 0 Å². The van der Waals surface area contributed by atoms with Crippen LogP contribution in [0, 0.1) is 0 Å². The van der Waals surface area contributed by atoms with Crippen molar-refractivity contribution in [2.24, 2.45) is 0 Å². The van der Waals surface area contributed by atoms with E-state index in [1.54, 1.807) is 0 Å². The topological polar surface area (TPSA) is 15.3 Å². The summed E-state index contributed by atoms with van der Waals surface area (Å²) in [5, 5.41) is 3.61. The zero-order valence-corrected chi connectivity index (χ0v) is 14.4. The van der Waals surface area contributed by atoms with Gasteiger partial charge in [-0.2, -0.15) is 0 Å². The molecule has 0 saturated heterocycles. The summed E-state index contributed by atoms with van der Waals surface area (Å²) in [7, 11) is 0. The fourth-order valence-electron chi connectivity index (χ4n) is 2.46. The first-order valence-electron chi connectivity index (χ1n) is 7.17. The first-order valence-corrected chi connectivity index (χ1v) is 7.96. The van der Waals surface area contributed by atoms with Crippen LogP contribution >= 0.6 is 15.9 Å².